The van der Waals surface area contributed by atoms with Gasteiger partial charge in [-0.3, -0.25) is 0 Å². The van der Waals surface area contributed by atoms with Crippen LogP contribution in [0.25, 0.3) is 0 Å². The van der Waals surface area contributed by atoms with E-state index in [9.17, 15) is 0 Å². The Kier molecular flexibility index (Phi) is 4.86. The van der Waals surface area contributed by atoms with Gasteiger partial charge in [-0.15, -0.1) is 0 Å². The average molecular weight is 274 g/mol. The van der Waals surface area contributed by atoms with Gasteiger partial charge in [0.05, 0.1) is 18.7 Å². The van der Waals surface area contributed by atoms with E-state index in [0.29, 0.717) is 17.4 Å². The van der Waals surface area contributed by atoms with Crippen molar-refractivity contribution in [1.29, 1.82) is 5.26 Å². The van der Waals surface area contributed by atoms with Gasteiger partial charge in [-0.25, -0.2) is 0 Å². The summed E-state index contributed by atoms with van der Waals surface area (Å²) in [6, 6.07) is 8.02. The molecule has 2 rings (SSSR count). The van der Waals surface area contributed by atoms with Gasteiger partial charge in [0.2, 0.25) is 0 Å². The zero-order chi connectivity index (χ0) is 14.5. The van der Waals surface area contributed by atoms with E-state index in [1.807, 2.05) is 6.07 Å². The quantitative estimate of drug-likeness (QED) is 0.847. The lowest BCUT2D eigenvalue weighted by Crippen LogP contribution is -2.41. The summed E-state index contributed by atoms with van der Waals surface area (Å²) >= 11 is 0. The monoisotopic (exact) mass is 274 g/mol. The number of benzene rings is 1. The highest BCUT2D eigenvalue weighted by Crippen LogP contribution is 2.30. The van der Waals surface area contributed by atoms with E-state index in [1.54, 1.807) is 19.2 Å². The van der Waals surface area contributed by atoms with E-state index in [2.05, 4.69) is 24.8 Å². The molecule has 0 N–H and O–H groups in total. The number of likely N-dealkylation sites (tertiary alicyclic amines) is 1. The lowest BCUT2D eigenvalue weighted by atomic mass is 10.1. The molecule has 1 aromatic rings. The van der Waals surface area contributed by atoms with Crippen LogP contribution in [0, 0.1) is 11.3 Å². The van der Waals surface area contributed by atoms with Crippen molar-refractivity contribution < 1.29 is 9.47 Å². The molecule has 108 valence electrons. The number of methoxy groups -OCH3 is 1. The molecule has 0 amide bonds. The summed E-state index contributed by atoms with van der Waals surface area (Å²) in [4.78, 5) is 2.47. The lowest BCUT2D eigenvalue weighted by Gasteiger charge is -2.34. The first-order chi connectivity index (χ1) is 9.63. The maximum absolute atomic E-state index is 8.90. The molecule has 4 heteroatoms. The van der Waals surface area contributed by atoms with Gasteiger partial charge in [-0.05, 0) is 38.8 Å². The first-order valence-electron chi connectivity index (χ1n) is 7.13. The average Bonchev–Trinajstić information content (AvgIpc) is 2.48. The van der Waals surface area contributed by atoms with E-state index in [-0.39, 0.29) is 6.10 Å². The Bertz CT molecular complexity index is 486. The molecular weight excluding hydrogens is 252 g/mol. The number of hydrogen-bond acceptors (Lipinski definition) is 4. The van der Waals surface area contributed by atoms with E-state index < -0.39 is 0 Å². The van der Waals surface area contributed by atoms with Crippen LogP contribution in [0.5, 0.6) is 11.5 Å². The SMILES string of the molecule is COc1cc(C#N)ccc1OC1CCN(C(C)C)CC1. The number of ether oxygens (including phenoxy) is 2. The van der Waals surface area contributed by atoms with Crippen molar-refractivity contribution in [1.82, 2.24) is 4.90 Å². The Balaban J connectivity index is 1.99. The van der Waals surface area contributed by atoms with Crippen LogP contribution in [-0.4, -0.2) is 37.2 Å². The summed E-state index contributed by atoms with van der Waals surface area (Å²) in [5.74, 6) is 1.37. The van der Waals surface area contributed by atoms with Gasteiger partial charge in [-0.2, -0.15) is 5.26 Å². The Hall–Kier alpha value is -1.73. The highest BCUT2D eigenvalue weighted by molar-refractivity contribution is 5.46. The summed E-state index contributed by atoms with van der Waals surface area (Å²) in [7, 11) is 1.60. The Morgan fingerprint density at radius 3 is 2.50 bits per heavy atom. The van der Waals surface area contributed by atoms with E-state index >= 15 is 0 Å². The summed E-state index contributed by atoms with van der Waals surface area (Å²) in [6.45, 7) is 6.59. The number of nitriles is 1. The van der Waals surface area contributed by atoms with Crippen LogP contribution in [0.1, 0.15) is 32.3 Å². The zero-order valence-electron chi connectivity index (χ0n) is 12.4. The predicted molar refractivity (Wildman–Crippen MR) is 78.1 cm³/mol. The van der Waals surface area contributed by atoms with Crippen molar-refractivity contribution in [3.8, 4) is 17.6 Å². The third-order valence-electron chi connectivity index (χ3n) is 3.79. The van der Waals surface area contributed by atoms with Crippen LogP contribution in [0.3, 0.4) is 0 Å². The minimum absolute atomic E-state index is 0.229. The molecule has 0 saturated carbocycles. The number of nitrogens with zero attached hydrogens (tertiary/aromatic N) is 2. The van der Waals surface area contributed by atoms with Crippen molar-refractivity contribution in [2.75, 3.05) is 20.2 Å². The van der Waals surface area contributed by atoms with Gasteiger partial charge in [-0.1, -0.05) is 0 Å². The molecule has 1 aromatic carbocycles. The molecule has 0 spiro atoms. The summed E-state index contributed by atoms with van der Waals surface area (Å²) in [5, 5.41) is 8.90. The van der Waals surface area contributed by atoms with E-state index in [1.165, 1.54) is 0 Å². The molecule has 1 aliphatic rings. The first kappa shape index (κ1) is 14.7. The van der Waals surface area contributed by atoms with Gasteiger partial charge in [0.25, 0.3) is 0 Å². The second kappa shape index (κ2) is 6.62. The molecule has 0 bridgehead atoms. The Morgan fingerprint density at radius 1 is 1.25 bits per heavy atom. The lowest BCUT2D eigenvalue weighted by molar-refractivity contribution is 0.0823. The van der Waals surface area contributed by atoms with Crippen molar-refractivity contribution in [2.45, 2.75) is 38.8 Å². The molecule has 0 aromatic heterocycles. The second-order valence-electron chi connectivity index (χ2n) is 5.42. The normalized spacial score (nSPS) is 16.9. The van der Waals surface area contributed by atoms with E-state index in [0.717, 1.165) is 31.7 Å². The third-order valence-corrected chi connectivity index (χ3v) is 3.79. The molecule has 0 radical (unpaired) electrons. The number of piperidine rings is 1. The van der Waals surface area contributed by atoms with Gasteiger partial charge in [0.15, 0.2) is 11.5 Å². The van der Waals surface area contributed by atoms with Crippen LogP contribution in [-0.2, 0) is 0 Å². The molecule has 1 heterocycles. The molecule has 0 aliphatic carbocycles. The van der Waals surface area contributed by atoms with Gasteiger partial charge in [0, 0.05) is 25.2 Å². The minimum atomic E-state index is 0.229. The summed E-state index contributed by atoms with van der Waals surface area (Å²) < 4.78 is 11.3. The van der Waals surface area contributed by atoms with Crippen molar-refractivity contribution in [3.63, 3.8) is 0 Å². The van der Waals surface area contributed by atoms with Crippen LogP contribution < -0.4 is 9.47 Å². The number of rotatable bonds is 4. The number of hydrogen-bond donors (Lipinski definition) is 0. The molecule has 1 fully saturated rings. The maximum Gasteiger partial charge on any atom is 0.162 e. The largest absolute Gasteiger partial charge is 0.493 e. The fourth-order valence-corrected chi connectivity index (χ4v) is 2.52. The van der Waals surface area contributed by atoms with Crippen LogP contribution >= 0.6 is 0 Å². The third kappa shape index (κ3) is 3.43. The molecule has 4 nitrogen and oxygen atoms in total. The molecule has 0 atom stereocenters. The van der Waals surface area contributed by atoms with Gasteiger partial charge < -0.3 is 14.4 Å². The fraction of sp³-hybridized carbons (Fsp3) is 0.562. The predicted octanol–water partition coefficient (Wildman–Crippen LogP) is 2.82. The standard InChI is InChI=1S/C16H22N2O2/c1-12(2)18-8-6-14(7-9-18)20-15-5-4-13(11-17)10-16(15)19-3/h4-5,10,12,14H,6-9H2,1-3H3. The van der Waals surface area contributed by atoms with Crippen molar-refractivity contribution >= 4 is 0 Å². The first-order valence-corrected chi connectivity index (χ1v) is 7.13. The fourth-order valence-electron chi connectivity index (χ4n) is 2.52. The van der Waals surface area contributed by atoms with Gasteiger partial charge >= 0.3 is 0 Å². The summed E-state index contributed by atoms with van der Waals surface area (Å²) in [6.07, 6.45) is 2.29. The zero-order valence-corrected chi connectivity index (χ0v) is 12.4. The highest BCUT2D eigenvalue weighted by Gasteiger charge is 2.22. The second-order valence-corrected chi connectivity index (χ2v) is 5.42. The molecule has 20 heavy (non-hydrogen) atoms. The topological polar surface area (TPSA) is 45.5 Å². The van der Waals surface area contributed by atoms with E-state index in [4.69, 9.17) is 14.7 Å². The Morgan fingerprint density at radius 2 is 1.95 bits per heavy atom. The van der Waals surface area contributed by atoms with Crippen LogP contribution in [0.15, 0.2) is 18.2 Å². The molecule has 1 saturated heterocycles. The van der Waals surface area contributed by atoms with Gasteiger partial charge in [0.1, 0.15) is 6.10 Å². The van der Waals surface area contributed by atoms with Crippen molar-refractivity contribution in [3.05, 3.63) is 23.8 Å². The molecule has 0 unspecified atom stereocenters. The maximum atomic E-state index is 8.90. The smallest absolute Gasteiger partial charge is 0.162 e. The minimum Gasteiger partial charge on any atom is -0.493 e. The van der Waals surface area contributed by atoms with Crippen LogP contribution in [0.2, 0.25) is 0 Å². The molecule has 1 aliphatic heterocycles. The van der Waals surface area contributed by atoms with Crippen molar-refractivity contribution in [2.24, 2.45) is 0 Å². The Labute approximate surface area is 120 Å². The van der Waals surface area contributed by atoms with Crippen LogP contribution in [0.4, 0.5) is 0 Å². The summed E-state index contributed by atoms with van der Waals surface area (Å²) in [5.41, 5.74) is 0.587. The molecular formula is C16H22N2O2. The highest BCUT2D eigenvalue weighted by atomic mass is 16.5.